The van der Waals surface area contributed by atoms with Crippen molar-refractivity contribution in [2.24, 2.45) is 23.5 Å². The highest BCUT2D eigenvalue weighted by Crippen LogP contribution is 2.28. The van der Waals surface area contributed by atoms with E-state index in [1.54, 1.807) is 4.90 Å². The first-order chi connectivity index (χ1) is 10.0. The topological polar surface area (TPSA) is 75.4 Å². The number of nitrogens with zero attached hydrogens (tertiary/aromatic N) is 1. The van der Waals surface area contributed by atoms with Gasteiger partial charge in [-0.05, 0) is 37.5 Å². The average molecular weight is 295 g/mol. The second kappa shape index (κ2) is 7.25. The molecule has 5 nitrogen and oxygen atoms in total. The highest BCUT2D eigenvalue weighted by Gasteiger charge is 2.32. The van der Waals surface area contributed by atoms with E-state index in [0.29, 0.717) is 12.5 Å². The maximum atomic E-state index is 12.4. The molecule has 0 aromatic rings. The molecular weight excluding hydrogens is 266 g/mol. The van der Waals surface area contributed by atoms with Gasteiger partial charge in [0.2, 0.25) is 11.8 Å². The normalized spacial score (nSPS) is 25.3. The quantitative estimate of drug-likeness (QED) is 0.771. The molecule has 2 fully saturated rings. The van der Waals surface area contributed by atoms with Crippen LogP contribution in [-0.4, -0.2) is 42.4 Å². The summed E-state index contributed by atoms with van der Waals surface area (Å²) in [5, 5.41) is 3.03. The van der Waals surface area contributed by atoms with Crippen LogP contribution in [0.5, 0.6) is 0 Å². The first-order valence-corrected chi connectivity index (χ1v) is 8.35. The van der Waals surface area contributed by atoms with Crippen LogP contribution < -0.4 is 11.1 Å². The number of piperidine rings is 1. The van der Waals surface area contributed by atoms with Crippen molar-refractivity contribution in [2.45, 2.75) is 52.0 Å². The number of hydrogen-bond acceptors (Lipinski definition) is 3. The van der Waals surface area contributed by atoms with Gasteiger partial charge in [0, 0.05) is 19.6 Å². The molecule has 2 rings (SSSR count). The fraction of sp³-hybridized carbons (Fsp3) is 0.875. The third kappa shape index (κ3) is 4.43. The van der Waals surface area contributed by atoms with Crippen molar-refractivity contribution in [3.63, 3.8) is 0 Å². The van der Waals surface area contributed by atoms with E-state index in [2.05, 4.69) is 5.32 Å². The van der Waals surface area contributed by atoms with Crippen LogP contribution in [0.2, 0.25) is 0 Å². The standard InChI is InChI=1S/C16H29N3O2/c1-3-11(2)14(17)16(21)19-8-4-5-13(10-19)15(20)18-9-12-6-7-12/h11-14H,3-10,17H2,1-2H3,(H,18,20). The van der Waals surface area contributed by atoms with Gasteiger partial charge in [-0.15, -0.1) is 0 Å². The molecule has 3 unspecified atom stereocenters. The predicted molar refractivity (Wildman–Crippen MR) is 82.5 cm³/mol. The van der Waals surface area contributed by atoms with Crippen LogP contribution >= 0.6 is 0 Å². The molecule has 3 atom stereocenters. The summed E-state index contributed by atoms with van der Waals surface area (Å²) in [4.78, 5) is 26.4. The van der Waals surface area contributed by atoms with E-state index in [9.17, 15) is 9.59 Å². The van der Waals surface area contributed by atoms with E-state index in [-0.39, 0.29) is 23.7 Å². The average Bonchev–Trinajstić information content (AvgIpc) is 3.34. The SMILES string of the molecule is CCC(C)C(N)C(=O)N1CCCC(C(=O)NCC2CC2)C1. The van der Waals surface area contributed by atoms with Crippen LogP contribution in [0.4, 0.5) is 0 Å². The third-order valence-corrected chi connectivity index (χ3v) is 4.91. The fourth-order valence-electron chi connectivity index (χ4n) is 2.81. The number of rotatable bonds is 6. The molecule has 1 saturated heterocycles. The first-order valence-electron chi connectivity index (χ1n) is 8.35. The Labute approximate surface area is 127 Å². The zero-order chi connectivity index (χ0) is 15.4. The minimum Gasteiger partial charge on any atom is -0.356 e. The Morgan fingerprint density at radius 1 is 1.33 bits per heavy atom. The Hall–Kier alpha value is -1.10. The molecule has 1 heterocycles. The van der Waals surface area contributed by atoms with E-state index < -0.39 is 6.04 Å². The minimum atomic E-state index is -0.441. The van der Waals surface area contributed by atoms with Gasteiger partial charge in [0.25, 0.3) is 0 Å². The molecule has 0 aromatic carbocycles. The van der Waals surface area contributed by atoms with E-state index in [4.69, 9.17) is 5.73 Å². The van der Waals surface area contributed by atoms with Crippen LogP contribution in [0, 0.1) is 17.8 Å². The molecular formula is C16H29N3O2. The summed E-state index contributed by atoms with van der Waals surface area (Å²) in [6.07, 6.45) is 5.13. The first kappa shape index (κ1) is 16.3. The van der Waals surface area contributed by atoms with Crippen LogP contribution in [0.15, 0.2) is 0 Å². The van der Waals surface area contributed by atoms with E-state index in [0.717, 1.165) is 32.4 Å². The van der Waals surface area contributed by atoms with E-state index in [1.165, 1.54) is 12.8 Å². The molecule has 0 radical (unpaired) electrons. The second-order valence-corrected chi connectivity index (χ2v) is 6.72. The molecule has 2 amide bonds. The van der Waals surface area contributed by atoms with Crippen LogP contribution in [0.3, 0.4) is 0 Å². The van der Waals surface area contributed by atoms with Gasteiger partial charge in [0.1, 0.15) is 0 Å². The summed E-state index contributed by atoms with van der Waals surface area (Å²) in [5.74, 6) is 0.918. The molecule has 1 aliphatic heterocycles. The zero-order valence-electron chi connectivity index (χ0n) is 13.3. The molecule has 21 heavy (non-hydrogen) atoms. The number of nitrogens with two attached hydrogens (primary N) is 1. The van der Waals surface area contributed by atoms with Gasteiger partial charge < -0.3 is 16.0 Å². The summed E-state index contributed by atoms with van der Waals surface area (Å²) in [6, 6.07) is -0.441. The lowest BCUT2D eigenvalue weighted by molar-refractivity contribution is -0.137. The van der Waals surface area contributed by atoms with Crippen LogP contribution in [0.1, 0.15) is 46.0 Å². The molecule has 0 bridgehead atoms. The number of nitrogens with one attached hydrogen (secondary N) is 1. The lowest BCUT2D eigenvalue weighted by atomic mass is 9.94. The van der Waals surface area contributed by atoms with Crippen LogP contribution in [0.25, 0.3) is 0 Å². The van der Waals surface area contributed by atoms with Crippen molar-refractivity contribution in [3.05, 3.63) is 0 Å². The number of amides is 2. The molecule has 2 aliphatic rings. The fourth-order valence-corrected chi connectivity index (χ4v) is 2.81. The monoisotopic (exact) mass is 295 g/mol. The summed E-state index contributed by atoms with van der Waals surface area (Å²) >= 11 is 0. The van der Waals surface area contributed by atoms with Crippen molar-refractivity contribution in [3.8, 4) is 0 Å². The Kier molecular flexibility index (Phi) is 5.62. The van der Waals surface area contributed by atoms with Gasteiger partial charge in [0.05, 0.1) is 12.0 Å². The second-order valence-electron chi connectivity index (χ2n) is 6.72. The molecule has 0 aromatic heterocycles. The lowest BCUT2D eigenvalue weighted by Gasteiger charge is -2.34. The van der Waals surface area contributed by atoms with Crippen LogP contribution in [-0.2, 0) is 9.59 Å². The van der Waals surface area contributed by atoms with E-state index >= 15 is 0 Å². The number of carbonyl (C=O) groups excluding carboxylic acids is 2. The van der Waals surface area contributed by atoms with Crippen molar-refractivity contribution in [1.82, 2.24) is 10.2 Å². The summed E-state index contributed by atoms with van der Waals surface area (Å²) in [6.45, 7) is 6.11. The lowest BCUT2D eigenvalue weighted by Crippen LogP contribution is -2.52. The summed E-state index contributed by atoms with van der Waals surface area (Å²) in [7, 11) is 0. The molecule has 1 saturated carbocycles. The van der Waals surface area contributed by atoms with Crippen molar-refractivity contribution in [2.75, 3.05) is 19.6 Å². The van der Waals surface area contributed by atoms with Gasteiger partial charge in [-0.1, -0.05) is 20.3 Å². The highest BCUT2D eigenvalue weighted by atomic mass is 16.2. The van der Waals surface area contributed by atoms with Gasteiger partial charge >= 0.3 is 0 Å². The maximum absolute atomic E-state index is 12.4. The molecule has 120 valence electrons. The third-order valence-electron chi connectivity index (χ3n) is 4.91. The number of carbonyl (C=O) groups is 2. The molecule has 1 aliphatic carbocycles. The number of hydrogen-bond donors (Lipinski definition) is 2. The maximum Gasteiger partial charge on any atom is 0.239 e. The largest absolute Gasteiger partial charge is 0.356 e. The Bertz CT molecular complexity index is 382. The number of likely N-dealkylation sites (tertiary alicyclic amines) is 1. The predicted octanol–water partition coefficient (Wildman–Crippen LogP) is 1.12. The van der Waals surface area contributed by atoms with E-state index in [1.807, 2.05) is 13.8 Å². The van der Waals surface area contributed by atoms with Gasteiger partial charge in [-0.25, -0.2) is 0 Å². The summed E-state index contributed by atoms with van der Waals surface area (Å²) in [5.41, 5.74) is 6.04. The highest BCUT2D eigenvalue weighted by molar-refractivity contribution is 5.84. The zero-order valence-corrected chi connectivity index (χ0v) is 13.3. The molecule has 3 N–H and O–H groups in total. The molecule has 0 spiro atoms. The van der Waals surface area contributed by atoms with Gasteiger partial charge in [-0.3, -0.25) is 9.59 Å². The Morgan fingerprint density at radius 2 is 2.05 bits per heavy atom. The molecule has 5 heteroatoms. The van der Waals surface area contributed by atoms with Gasteiger partial charge in [0.15, 0.2) is 0 Å². The smallest absolute Gasteiger partial charge is 0.239 e. The van der Waals surface area contributed by atoms with Gasteiger partial charge in [-0.2, -0.15) is 0 Å². The minimum absolute atomic E-state index is 0.00374. The summed E-state index contributed by atoms with van der Waals surface area (Å²) < 4.78 is 0. The van der Waals surface area contributed by atoms with Crippen molar-refractivity contribution in [1.29, 1.82) is 0 Å². The van der Waals surface area contributed by atoms with Crippen molar-refractivity contribution < 1.29 is 9.59 Å². The Balaban J connectivity index is 1.84. The Morgan fingerprint density at radius 3 is 2.67 bits per heavy atom. The van der Waals surface area contributed by atoms with Crippen molar-refractivity contribution >= 4 is 11.8 Å².